The molecule has 0 spiro atoms. The number of pyridine rings is 1. The summed E-state index contributed by atoms with van der Waals surface area (Å²) in [5.74, 6) is 0.320. The third kappa shape index (κ3) is 2.78. The first-order valence-corrected chi connectivity index (χ1v) is 8.29. The Labute approximate surface area is 146 Å². The van der Waals surface area contributed by atoms with Gasteiger partial charge in [-0.05, 0) is 24.5 Å². The number of hydrogen-bond donors (Lipinski definition) is 0. The molecule has 0 amide bonds. The molecule has 1 fully saturated rings. The van der Waals surface area contributed by atoms with Crippen LogP contribution in [0, 0.1) is 23.2 Å². The highest BCUT2D eigenvalue weighted by molar-refractivity contribution is 6.31. The van der Waals surface area contributed by atoms with E-state index < -0.39 is 0 Å². The summed E-state index contributed by atoms with van der Waals surface area (Å²) >= 11 is 6.20. The maximum Gasteiger partial charge on any atom is 0.266 e. The highest BCUT2D eigenvalue weighted by Crippen LogP contribution is 2.34. The Balaban J connectivity index is 2.18. The Morgan fingerprint density at radius 1 is 1.50 bits per heavy atom. The quantitative estimate of drug-likeness (QED) is 0.633. The van der Waals surface area contributed by atoms with Crippen LogP contribution in [0.2, 0.25) is 5.02 Å². The molecule has 2 heterocycles. The summed E-state index contributed by atoms with van der Waals surface area (Å²) in [5, 5.41) is 11.1. The number of nitriles is 1. The summed E-state index contributed by atoms with van der Waals surface area (Å²) < 4.78 is 1.58. The fourth-order valence-electron chi connectivity index (χ4n) is 3.43. The van der Waals surface area contributed by atoms with Crippen molar-refractivity contribution < 1.29 is 14.4 Å². The molecule has 0 saturated carbocycles. The van der Waals surface area contributed by atoms with Crippen molar-refractivity contribution in [2.24, 2.45) is 11.8 Å². The first kappa shape index (κ1) is 16.5. The average Bonchev–Trinajstić information content (AvgIpc) is 2.59. The SMILES string of the molecule is CO[n+]1cc(C#N)c(N2CCC(C=O)C(C)C2)c2cc(Cl)ccc21. The van der Waals surface area contributed by atoms with Crippen molar-refractivity contribution in [2.75, 3.05) is 25.1 Å². The number of anilines is 1. The molecule has 2 aromatic rings. The van der Waals surface area contributed by atoms with Crippen LogP contribution in [0.5, 0.6) is 0 Å². The van der Waals surface area contributed by atoms with Gasteiger partial charge in [0.15, 0.2) is 0 Å². The number of fused-ring (bicyclic) bond motifs is 1. The van der Waals surface area contributed by atoms with Gasteiger partial charge in [-0.15, -0.1) is 0 Å². The van der Waals surface area contributed by atoms with Gasteiger partial charge in [0.05, 0.1) is 11.1 Å². The molecule has 5 nitrogen and oxygen atoms in total. The van der Waals surface area contributed by atoms with E-state index in [4.69, 9.17) is 16.4 Å². The third-order valence-electron chi connectivity index (χ3n) is 4.73. The number of aromatic nitrogens is 1. The van der Waals surface area contributed by atoms with Gasteiger partial charge in [0.2, 0.25) is 6.20 Å². The zero-order chi connectivity index (χ0) is 17.3. The van der Waals surface area contributed by atoms with Gasteiger partial charge in [-0.25, -0.2) is 0 Å². The molecule has 2 unspecified atom stereocenters. The number of aldehydes is 1. The van der Waals surface area contributed by atoms with Crippen molar-refractivity contribution in [3.8, 4) is 6.07 Å². The fourth-order valence-corrected chi connectivity index (χ4v) is 3.60. The highest BCUT2D eigenvalue weighted by Gasteiger charge is 2.30. The van der Waals surface area contributed by atoms with E-state index in [0.717, 1.165) is 42.4 Å². The Kier molecular flexibility index (Phi) is 4.59. The van der Waals surface area contributed by atoms with Crippen LogP contribution in [0.3, 0.4) is 0 Å². The maximum atomic E-state index is 11.2. The van der Waals surface area contributed by atoms with Crippen molar-refractivity contribution in [3.63, 3.8) is 0 Å². The molecule has 124 valence electrons. The predicted molar refractivity (Wildman–Crippen MR) is 91.9 cm³/mol. The van der Waals surface area contributed by atoms with Crippen LogP contribution in [0.1, 0.15) is 18.9 Å². The van der Waals surface area contributed by atoms with Gasteiger partial charge in [0.1, 0.15) is 25.0 Å². The lowest BCUT2D eigenvalue weighted by atomic mass is 9.87. The first-order valence-electron chi connectivity index (χ1n) is 7.91. The summed E-state index contributed by atoms with van der Waals surface area (Å²) in [6.45, 7) is 3.54. The van der Waals surface area contributed by atoms with E-state index in [-0.39, 0.29) is 11.8 Å². The fraction of sp³-hybridized carbons (Fsp3) is 0.389. The standard InChI is InChI=1S/C18H19ClN3O2/c1-12-9-21(6-5-13(12)11-23)18-14(8-20)10-22(24-2)17-4-3-15(19)7-16(17)18/h3-4,7,10-13H,5-6,9H2,1-2H3/q+1. The van der Waals surface area contributed by atoms with Gasteiger partial charge in [0, 0.05) is 34.8 Å². The minimum atomic E-state index is 0.0780. The lowest BCUT2D eigenvalue weighted by Gasteiger charge is -2.36. The van der Waals surface area contributed by atoms with Gasteiger partial charge in [-0.2, -0.15) is 5.26 Å². The van der Waals surface area contributed by atoms with Gasteiger partial charge >= 0.3 is 0 Å². The van der Waals surface area contributed by atoms with Crippen molar-refractivity contribution in [3.05, 3.63) is 35.0 Å². The van der Waals surface area contributed by atoms with Crippen molar-refractivity contribution in [1.82, 2.24) is 0 Å². The lowest BCUT2D eigenvalue weighted by Crippen LogP contribution is -2.44. The van der Waals surface area contributed by atoms with Gasteiger partial charge in [0.25, 0.3) is 5.52 Å². The Bertz CT molecular complexity index is 831. The van der Waals surface area contributed by atoms with E-state index in [1.165, 1.54) is 0 Å². The minimum Gasteiger partial charge on any atom is -0.369 e. The number of halogens is 1. The molecule has 0 bridgehead atoms. The summed E-state index contributed by atoms with van der Waals surface area (Å²) in [5.41, 5.74) is 2.24. The summed E-state index contributed by atoms with van der Waals surface area (Å²) in [4.78, 5) is 18.7. The van der Waals surface area contributed by atoms with Crippen molar-refractivity contribution in [1.29, 1.82) is 5.26 Å². The highest BCUT2D eigenvalue weighted by atomic mass is 35.5. The van der Waals surface area contributed by atoms with Gasteiger partial charge < -0.3 is 9.69 Å². The van der Waals surface area contributed by atoms with E-state index in [1.54, 1.807) is 24.1 Å². The second-order valence-electron chi connectivity index (χ2n) is 6.18. The van der Waals surface area contributed by atoms with Gasteiger partial charge in [-0.3, -0.25) is 4.84 Å². The summed E-state index contributed by atoms with van der Waals surface area (Å²) in [6, 6.07) is 7.81. The number of piperidine rings is 1. The molecule has 1 aromatic heterocycles. The topological polar surface area (TPSA) is 57.2 Å². The van der Waals surface area contributed by atoms with Gasteiger partial charge in [-0.1, -0.05) is 18.5 Å². The monoisotopic (exact) mass is 344 g/mol. The molecular formula is C18H19ClN3O2+. The summed E-state index contributed by atoms with van der Waals surface area (Å²) in [7, 11) is 1.56. The van der Waals surface area contributed by atoms with Crippen LogP contribution in [0.4, 0.5) is 5.69 Å². The lowest BCUT2D eigenvalue weighted by molar-refractivity contribution is -0.865. The molecular weight excluding hydrogens is 326 g/mol. The van der Waals surface area contributed by atoms with Crippen LogP contribution in [-0.4, -0.2) is 26.5 Å². The molecule has 2 atom stereocenters. The maximum absolute atomic E-state index is 11.2. The molecule has 3 rings (SSSR count). The molecule has 0 N–H and O–H groups in total. The molecule has 0 radical (unpaired) electrons. The Hall–Kier alpha value is -2.32. The minimum absolute atomic E-state index is 0.0780. The van der Waals surface area contributed by atoms with Crippen LogP contribution in [0.15, 0.2) is 24.4 Å². The number of hydrogen-bond acceptors (Lipinski definition) is 4. The number of carbonyl (C=O) groups is 1. The predicted octanol–water partition coefficient (Wildman–Crippen LogP) is 2.37. The second-order valence-corrected chi connectivity index (χ2v) is 6.62. The number of nitrogens with zero attached hydrogens (tertiary/aromatic N) is 3. The van der Waals surface area contributed by atoms with Crippen LogP contribution >= 0.6 is 11.6 Å². The zero-order valence-corrected chi connectivity index (χ0v) is 14.5. The first-order chi connectivity index (χ1) is 11.6. The molecule has 1 aliphatic rings. The van der Waals surface area contributed by atoms with Crippen LogP contribution in [0.25, 0.3) is 10.9 Å². The number of carbonyl (C=O) groups excluding carboxylic acids is 1. The molecule has 6 heteroatoms. The van der Waals surface area contributed by atoms with Crippen LogP contribution in [-0.2, 0) is 4.79 Å². The third-order valence-corrected chi connectivity index (χ3v) is 4.97. The molecule has 1 saturated heterocycles. The number of benzene rings is 1. The van der Waals surface area contributed by atoms with Crippen LogP contribution < -0.4 is 14.5 Å². The zero-order valence-electron chi connectivity index (χ0n) is 13.7. The summed E-state index contributed by atoms with van der Waals surface area (Å²) in [6.07, 6.45) is 3.53. The van der Waals surface area contributed by atoms with E-state index in [2.05, 4.69) is 17.9 Å². The second kappa shape index (κ2) is 6.66. The molecule has 1 aliphatic heterocycles. The van der Waals surface area contributed by atoms with E-state index in [1.807, 2.05) is 12.1 Å². The van der Waals surface area contributed by atoms with E-state index >= 15 is 0 Å². The van der Waals surface area contributed by atoms with Crippen molar-refractivity contribution in [2.45, 2.75) is 13.3 Å². The molecule has 1 aromatic carbocycles. The smallest absolute Gasteiger partial charge is 0.266 e. The Morgan fingerprint density at radius 3 is 2.92 bits per heavy atom. The largest absolute Gasteiger partial charge is 0.369 e. The Morgan fingerprint density at radius 2 is 2.29 bits per heavy atom. The molecule has 0 aliphatic carbocycles. The van der Waals surface area contributed by atoms with Crippen molar-refractivity contribution >= 4 is 34.5 Å². The van der Waals surface area contributed by atoms with E-state index in [0.29, 0.717) is 10.6 Å². The normalized spacial score (nSPS) is 20.7. The molecule has 24 heavy (non-hydrogen) atoms. The average molecular weight is 345 g/mol. The van der Waals surface area contributed by atoms with E-state index in [9.17, 15) is 10.1 Å². The number of rotatable bonds is 3.